The second kappa shape index (κ2) is 9.78. The van der Waals surface area contributed by atoms with Gasteiger partial charge in [0.05, 0.1) is 6.04 Å². The minimum atomic E-state index is -1.24. The van der Waals surface area contributed by atoms with E-state index >= 15 is 0 Å². The fraction of sp³-hybridized carbons (Fsp3) is 0.714. The average Bonchev–Trinajstić information content (AvgIpc) is 2.41. The fourth-order valence-electron chi connectivity index (χ4n) is 1.81. The first-order valence-electron chi connectivity index (χ1n) is 7.35. The van der Waals surface area contributed by atoms with E-state index in [2.05, 4.69) is 10.6 Å². The van der Waals surface area contributed by atoms with Crippen molar-refractivity contribution < 1.29 is 29.4 Å². The third-order valence-electron chi connectivity index (χ3n) is 3.07. The van der Waals surface area contributed by atoms with Crippen molar-refractivity contribution >= 4 is 23.8 Å². The third-order valence-corrected chi connectivity index (χ3v) is 3.07. The zero-order valence-corrected chi connectivity index (χ0v) is 13.5. The fourth-order valence-corrected chi connectivity index (χ4v) is 1.81. The number of carbonyl (C=O) groups excluding carboxylic acids is 2. The lowest BCUT2D eigenvalue weighted by molar-refractivity contribution is -0.142. The summed E-state index contributed by atoms with van der Waals surface area (Å²) in [6, 6.07) is -3.14. The molecule has 0 rings (SSSR count). The summed E-state index contributed by atoms with van der Waals surface area (Å²) in [6.07, 6.45) is -0.0997. The van der Waals surface area contributed by atoms with Gasteiger partial charge in [0.2, 0.25) is 11.8 Å². The largest absolute Gasteiger partial charge is 0.481 e. The van der Waals surface area contributed by atoms with Gasteiger partial charge in [-0.15, -0.1) is 0 Å². The normalized spacial score (nSPS) is 14.7. The van der Waals surface area contributed by atoms with Crippen LogP contribution in [0.2, 0.25) is 0 Å². The number of nitrogens with two attached hydrogens (primary N) is 1. The molecule has 0 saturated carbocycles. The van der Waals surface area contributed by atoms with Gasteiger partial charge in [0, 0.05) is 6.42 Å². The van der Waals surface area contributed by atoms with Crippen molar-refractivity contribution in [3.05, 3.63) is 0 Å². The molecule has 0 heterocycles. The van der Waals surface area contributed by atoms with Gasteiger partial charge >= 0.3 is 11.9 Å². The van der Waals surface area contributed by atoms with Crippen LogP contribution in [0.15, 0.2) is 0 Å². The Morgan fingerprint density at radius 3 is 2.00 bits per heavy atom. The molecular formula is C14H25N3O6. The van der Waals surface area contributed by atoms with Crippen molar-refractivity contribution in [2.24, 2.45) is 11.7 Å². The number of carboxylic acids is 2. The molecule has 132 valence electrons. The summed E-state index contributed by atoms with van der Waals surface area (Å²) in [7, 11) is 0. The molecule has 0 radical (unpaired) electrons. The Labute approximate surface area is 134 Å². The number of carboxylic acid groups (broad SMARTS) is 2. The Balaban J connectivity index is 4.85. The molecule has 9 nitrogen and oxygen atoms in total. The Bertz CT molecular complexity index is 452. The molecule has 0 fully saturated rings. The van der Waals surface area contributed by atoms with E-state index in [1.54, 1.807) is 0 Å². The number of nitrogens with one attached hydrogen (secondary N) is 2. The SMILES string of the molecule is CC(C)CC(N)C(=O)NC(CCC(=O)O)C(=O)NC(C)C(=O)O. The first kappa shape index (κ1) is 20.8. The van der Waals surface area contributed by atoms with Gasteiger partial charge in [-0.1, -0.05) is 13.8 Å². The second-order valence-electron chi connectivity index (χ2n) is 5.80. The first-order valence-corrected chi connectivity index (χ1v) is 7.35. The van der Waals surface area contributed by atoms with Crippen LogP contribution in [0.4, 0.5) is 0 Å². The molecule has 6 N–H and O–H groups in total. The van der Waals surface area contributed by atoms with Crippen molar-refractivity contribution in [2.75, 3.05) is 0 Å². The quantitative estimate of drug-likeness (QED) is 0.354. The maximum atomic E-state index is 12.0. The van der Waals surface area contributed by atoms with Gasteiger partial charge in [-0.25, -0.2) is 0 Å². The van der Waals surface area contributed by atoms with Crippen molar-refractivity contribution in [3.8, 4) is 0 Å². The number of rotatable bonds is 10. The van der Waals surface area contributed by atoms with Crippen LogP contribution in [0.5, 0.6) is 0 Å². The van der Waals surface area contributed by atoms with E-state index < -0.39 is 41.9 Å². The zero-order chi connectivity index (χ0) is 18.2. The summed E-state index contributed by atoms with van der Waals surface area (Å²) in [5.41, 5.74) is 5.72. The predicted molar refractivity (Wildman–Crippen MR) is 81.5 cm³/mol. The Kier molecular flexibility index (Phi) is 8.86. The number of hydrogen-bond donors (Lipinski definition) is 5. The summed E-state index contributed by atoms with van der Waals surface area (Å²) in [5.74, 6) is -3.53. The van der Waals surface area contributed by atoms with E-state index in [-0.39, 0.29) is 18.8 Å². The molecule has 0 aliphatic carbocycles. The van der Waals surface area contributed by atoms with Gasteiger partial charge in [-0.2, -0.15) is 0 Å². The maximum Gasteiger partial charge on any atom is 0.325 e. The molecule has 3 unspecified atom stereocenters. The van der Waals surface area contributed by atoms with Crippen molar-refractivity contribution in [3.63, 3.8) is 0 Å². The van der Waals surface area contributed by atoms with Crippen LogP contribution in [0.25, 0.3) is 0 Å². The van der Waals surface area contributed by atoms with Gasteiger partial charge in [0.1, 0.15) is 12.1 Å². The maximum absolute atomic E-state index is 12.0. The molecule has 0 aliphatic heterocycles. The Hall–Kier alpha value is -2.16. The highest BCUT2D eigenvalue weighted by Gasteiger charge is 2.26. The summed E-state index contributed by atoms with van der Waals surface area (Å²) in [6.45, 7) is 5.04. The van der Waals surface area contributed by atoms with Crippen molar-refractivity contribution in [2.45, 2.75) is 58.2 Å². The van der Waals surface area contributed by atoms with Crippen LogP contribution in [0.1, 0.15) is 40.0 Å². The van der Waals surface area contributed by atoms with Crippen LogP contribution in [-0.4, -0.2) is 52.1 Å². The van der Waals surface area contributed by atoms with E-state index in [1.165, 1.54) is 6.92 Å². The molecule has 9 heteroatoms. The first-order chi connectivity index (χ1) is 10.5. The molecule has 0 aliphatic rings. The van der Waals surface area contributed by atoms with E-state index in [0.29, 0.717) is 6.42 Å². The Morgan fingerprint density at radius 2 is 1.57 bits per heavy atom. The summed E-state index contributed by atoms with van der Waals surface area (Å²) in [4.78, 5) is 45.4. The summed E-state index contributed by atoms with van der Waals surface area (Å²) >= 11 is 0. The lowest BCUT2D eigenvalue weighted by Gasteiger charge is -2.22. The van der Waals surface area contributed by atoms with Crippen molar-refractivity contribution in [1.29, 1.82) is 0 Å². The lowest BCUT2D eigenvalue weighted by Crippen LogP contribution is -2.54. The van der Waals surface area contributed by atoms with Gasteiger partial charge in [-0.05, 0) is 25.7 Å². The number of aliphatic carboxylic acids is 2. The molecule has 0 spiro atoms. The average molecular weight is 331 g/mol. The molecule has 0 aromatic carbocycles. The van der Waals surface area contributed by atoms with Crippen molar-refractivity contribution in [1.82, 2.24) is 10.6 Å². The van der Waals surface area contributed by atoms with E-state index in [1.807, 2.05) is 13.8 Å². The van der Waals surface area contributed by atoms with E-state index in [0.717, 1.165) is 0 Å². The number of hydrogen-bond acceptors (Lipinski definition) is 5. The molecule has 2 amide bonds. The smallest absolute Gasteiger partial charge is 0.325 e. The molecule has 0 aromatic heterocycles. The van der Waals surface area contributed by atoms with E-state index in [9.17, 15) is 19.2 Å². The Morgan fingerprint density at radius 1 is 1.00 bits per heavy atom. The van der Waals surface area contributed by atoms with Crippen LogP contribution in [0.3, 0.4) is 0 Å². The monoisotopic (exact) mass is 331 g/mol. The summed E-state index contributed by atoms with van der Waals surface area (Å²) in [5, 5.41) is 22.1. The molecule has 0 bridgehead atoms. The topological polar surface area (TPSA) is 159 Å². The van der Waals surface area contributed by atoms with Crippen LogP contribution >= 0.6 is 0 Å². The third kappa shape index (κ3) is 8.77. The highest BCUT2D eigenvalue weighted by atomic mass is 16.4. The molecule has 0 aromatic rings. The van der Waals surface area contributed by atoms with Gasteiger partial charge < -0.3 is 26.6 Å². The lowest BCUT2D eigenvalue weighted by atomic mass is 10.0. The van der Waals surface area contributed by atoms with Gasteiger partial charge in [-0.3, -0.25) is 19.2 Å². The predicted octanol–water partition coefficient (Wildman–Crippen LogP) is -0.701. The molecule has 3 atom stereocenters. The molecule has 0 saturated heterocycles. The minimum absolute atomic E-state index is 0.159. The van der Waals surface area contributed by atoms with Gasteiger partial charge in [0.15, 0.2) is 0 Å². The van der Waals surface area contributed by atoms with Crippen LogP contribution in [0, 0.1) is 5.92 Å². The number of carbonyl (C=O) groups is 4. The minimum Gasteiger partial charge on any atom is -0.481 e. The van der Waals surface area contributed by atoms with Crippen LogP contribution < -0.4 is 16.4 Å². The highest BCUT2D eigenvalue weighted by molar-refractivity contribution is 5.91. The molecule has 23 heavy (non-hydrogen) atoms. The number of amides is 2. The zero-order valence-electron chi connectivity index (χ0n) is 13.5. The standard InChI is InChI=1S/C14H25N3O6/c1-7(2)6-9(15)12(20)17-10(4-5-11(18)19)13(21)16-8(3)14(22)23/h7-10H,4-6,15H2,1-3H3,(H,16,21)(H,17,20)(H,18,19)(H,22,23). The highest BCUT2D eigenvalue weighted by Crippen LogP contribution is 2.05. The second-order valence-corrected chi connectivity index (χ2v) is 5.80. The van der Waals surface area contributed by atoms with Crippen LogP contribution in [-0.2, 0) is 19.2 Å². The molecular weight excluding hydrogens is 306 g/mol. The van der Waals surface area contributed by atoms with Gasteiger partial charge in [0.25, 0.3) is 0 Å². The summed E-state index contributed by atoms with van der Waals surface area (Å²) < 4.78 is 0. The van der Waals surface area contributed by atoms with E-state index in [4.69, 9.17) is 15.9 Å².